The third-order valence-electron chi connectivity index (χ3n) is 7.16. The van der Waals surface area contributed by atoms with Crippen LogP contribution in [0.2, 0.25) is 0 Å². The van der Waals surface area contributed by atoms with E-state index in [4.69, 9.17) is 19.6 Å². The van der Waals surface area contributed by atoms with Crippen molar-refractivity contribution in [3.63, 3.8) is 0 Å². The Kier molecular flexibility index (Phi) is 7.17. The Labute approximate surface area is 243 Å². The van der Waals surface area contributed by atoms with Crippen LogP contribution in [0.25, 0.3) is 33.5 Å². The lowest BCUT2D eigenvalue weighted by Crippen LogP contribution is -2.44. The summed E-state index contributed by atoms with van der Waals surface area (Å²) in [5.41, 5.74) is 9.59. The lowest BCUT2D eigenvalue weighted by Gasteiger charge is -2.34. The molecule has 218 valence electrons. The molecule has 1 fully saturated rings. The molecule has 5 aromatic rings. The zero-order valence-corrected chi connectivity index (χ0v) is 24.5. The van der Waals surface area contributed by atoms with Crippen LogP contribution in [-0.2, 0) is 21.3 Å². The number of ether oxygens (including phenoxy) is 2. The van der Waals surface area contributed by atoms with Crippen LogP contribution in [0.4, 0.5) is 5.69 Å². The van der Waals surface area contributed by atoms with Gasteiger partial charge in [-0.25, -0.2) is 4.98 Å². The van der Waals surface area contributed by atoms with E-state index in [2.05, 4.69) is 25.2 Å². The summed E-state index contributed by atoms with van der Waals surface area (Å²) in [6, 6.07) is 11.9. The van der Waals surface area contributed by atoms with E-state index < -0.39 is 10.0 Å². The standard InChI is InChI=1S/C29H31N7O5S/c1-17-5-7-22(8-6-17)42(37,38)36-26-11-20(21-10-25(30)29(39-4)31-12-21)9-23(24(26)13-32-36)28-34-33-27(41-28)16-35-14-18(2)40-19(3)15-35/h5-13,18-19H,14-16,30H2,1-4H3. The van der Waals surface area contributed by atoms with Crippen molar-refractivity contribution in [2.24, 2.45) is 0 Å². The molecule has 42 heavy (non-hydrogen) atoms. The highest BCUT2D eigenvalue weighted by atomic mass is 32.2. The Bertz CT molecular complexity index is 1860. The van der Waals surface area contributed by atoms with Gasteiger partial charge in [0, 0.05) is 30.2 Å². The number of fused-ring (bicyclic) bond motifs is 1. The largest absolute Gasteiger partial charge is 0.480 e. The zero-order chi connectivity index (χ0) is 29.6. The first kappa shape index (κ1) is 27.8. The third kappa shape index (κ3) is 5.22. The number of nitrogens with two attached hydrogens (primary N) is 1. The highest BCUT2D eigenvalue weighted by molar-refractivity contribution is 7.90. The van der Waals surface area contributed by atoms with E-state index in [-0.39, 0.29) is 23.0 Å². The summed E-state index contributed by atoms with van der Waals surface area (Å²) in [5, 5.41) is 13.5. The summed E-state index contributed by atoms with van der Waals surface area (Å²) < 4.78 is 45.6. The van der Waals surface area contributed by atoms with Crippen LogP contribution in [-0.4, -0.2) is 70.1 Å². The molecule has 0 radical (unpaired) electrons. The molecular weight excluding hydrogens is 558 g/mol. The molecule has 2 N–H and O–H groups in total. The number of anilines is 1. The topological polar surface area (TPSA) is 151 Å². The molecule has 2 unspecified atom stereocenters. The summed E-state index contributed by atoms with van der Waals surface area (Å²) >= 11 is 0. The van der Waals surface area contributed by atoms with Gasteiger partial charge in [-0.3, -0.25) is 4.90 Å². The van der Waals surface area contributed by atoms with E-state index in [1.165, 1.54) is 13.3 Å². The van der Waals surface area contributed by atoms with Crippen LogP contribution >= 0.6 is 0 Å². The van der Waals surface area contributed by atoms with Crippen molar-refractivity contribution < 1.29 is 22.3 Å². The average molecular weight is 590 g/mol. The average Bonchev–Trinajstić information content (AvgIpc) is 3.60. The van der Waals surface area contributed by atoms with Crippen LogP contribution < -0.4 is 10.5 Å². The van der Waals surface area contributed by atoms with Crippen LogP contribution in [0.1, 0.15) is 25.3 Å². The van der Waals surface area contributed by atoms with Crippen molar-refractivity contribution in [1.29, 1.82) is 0 Å². The SMILES string of the molecule is COc1ncc(-c2cc(-c3nnc(CN4CC(C)OC(C)C4)o3)c3cnn(S(=O)(=O)c4ccc(C)cc4)c3c2)cc1N. The molecule has 2 aromatic carbocycles. The smallest absolute Gasteiger partial charge is 0.283 e. The Morgan fingerprint density at radius 1 is 1.02 bits per heavy atom. The molecule has 0 bridgehead atoms. The molecule has 0 spiro atoms. The van der Waals surface area contributed by atoms with Gasteiger partial charge < -0.3 is 19.6 Å². The van der Waals surface area contributed by atoms with E-state index >= 15 is 0 Å². The van der Waals surface area contributed by atoms with E-state index in [1.54, 1.807) is 42.6 Å². The van der Waals surface area contributed by atoms with Gasteiger partial charge in [-0.15, -0.1) is 10.2 Å². The van der Waals surface area contributed by atoms with Gasteiger partial charge in [0.1, 0.15) is 0 Å². The second-order valence-corrected chi connectivity index (χ2v) is 12.3. The van der Waals surface area contributed by atoms with Crippen molar-refractivity contribution in [2.45, 2.75) is 44.4 Å². The second kappa shape index (κ2) is 10.8. The summed E-state index contributed by atoms with van der Waals surface area (Å²) in [6.07, 6.45) is 3.30. The number of benzene rings is 2. The molecule has 0 amide bonds. The molecule has 0 aliphatic carbocycles. The lowest BCUT2D eigenvalue weighted by atomic mass is 10.0. The molecule has 4 heterocycles. The minimum atomic E-state index is -4.02. The Hall–Kier alpha value is -4.33. The number of morpholine rings is 1. The number of hydrogen-bond donors (Lipinski definition) is 1. The highest BCUT2D eigenvalue weighted by Gasteiger charge is 2.26. The normalized spacial score (nSPS) is 18.0. The maximum absolute atomic E-state index is 13.7. The van der Waals surface area contributed by atoms with Crippen molar-refractivity contribution in [2.75, 3.05) is 25.9 Å². The molecule has 13 heteroatoms. The van der Waals surface area contributed by atoms with E-state index in [0.717, 1.165) is 22.7 Å². The van der Waals surface area contributed by atoms with Gasteiger partial charge in [-0.2, -0.15) is 17.6 Å². The van der Waals surface area contributed by atoms with Crippen LogP contribution in [0.5, 0.6) is 5.88 Å². The third-order valence-corrected chi connectivity index (χ3v) is 8.77. The molecular formula is C29H31N7O5S. The van der Waals surface area contributed by atoms with Crippen molar-refractivity contribution in [3.8, 4) is 28.5 Å². The van der Waals surface area contributed by atoms with Crippen molar-refractivity contribution in [1.82, 2.24) is 29.3 Å². The van der Waals surface area contributed by atoms with Gasteiger partial charge in [0.05, 0.1) is 53.7 Å². The van der Waals surface area contributed by atoms with E-state index in [0.29, 0.717) is 51.6 Å². The summed E-state index contributed by atoms with van der Waals surface area (Å²) in [6.45, 7) is 7.93. The number of nitrogens with zero attached hydrogens (tertiary/aromatic N) is 6. The maximum atomic E-state index is 13.7. The van der Waals surface area contributed by atoms with Crippen LogP contribution in [0.3, 0.4) is 0 Å². The minimum absolute atomic E-state index is 0.0966. The van der Waals surface area contributed by atoms with Crippen LogP contribution in [0, 0.1) is 6.92 Å². The fourth-order valence-corrected chi connectivity index (χ4v) is 6.54. The van der Waals surface area contributed by atoms with Gasteiger partial charge in [-0.1, -0.05) is 17.7 Å². The van der Waals surface area contributed by atoms with E-state index in [1.807, 2.05) is 26.8 Å². The summed E-state index contributed by atoms with van der Waals surface area (Å²) in [4.78, 5) is 6.62. The number of methoxy groups -OCH3 is 1. The van der Waals surface area contributed by atoms with Gasteiger partial charge in [-0.05, 0) is 56.7 Å². The van der Waals surface area contributed by atoms with Gasteiger partial charge >= 0.3 is 0 Å². The van der Waals surface area contributed by atoms with E-state index in [9.17, 15) is 8.42 Å². The number of nitrogen functional groups attached to an aromatic ring is 1. The fourth-order valence-electron chi connectivity index (χ4n) is 5.28. The quantitative estimate of drug-likeness (QED) is 0.294. The first-order valence-electron chi connectivity index (χ1n) is 13.5. The maximum Gasteiger partial charge on any atom is 0.283 e. The molecule has 3 aromatic heterocycles. The summed E-state index contributed by atoms with van der Waals surface area (Å²) in [5.74, 6) is 0.980. The van der Waals surface area contributed by atoms with Crippen molar-refractivity contribution >= 4 is 26.6 Å². The summed E-state index contributed by atoms with van der Waals surface area (Å²) in [7, 11) is -2.53. The number of rotatable bonds is 7. The molecule has 6 rings (SSSR count). The predicted molar refractivity (Wildman–Crippen MR) is 156 cm³/mol. The molecule has 1 aliphatic rings. The highest BCUT2D eigenvalue weighted by Crippen LogP contribution is 2.36. The fraction of sp³-hybridized carbons (Fsp3) is 0.310. The molecule has 2 atom stereocenters. The first-order chi connectivity index (χ1) is 20.1. The van der Waals surface area contributed by atoms with Crippen molar-refractivity contribution in [3.05, 3.63) is 66.3 Å². The Balaban J connectivity index is 1.47. The second-order valence-electron chi connectivity index (χ2n) is 10.5. The van der Waals surface area contributed by atoms with Gasteiger partial charge in [0.25, 0.3) is 10.0 Å². The molecule has 0 saturated carbocycles. The Morgan fingerprint density at radius 2 is 1.76 bits per heavy atom. The molecule has 12 nitrogen and oxygen atoms in total. The van der Waals surface area contributed by atoms with Gasteiger partial charge in [0.2, 0.25) is 17.7 Å². The van der Waals surface area contributed by atoms with Crippen LogP contribution in [0.15, 0.2) is 64.2 Å². The predicted octanol–water partition coefficient (Wildman–Crippen LogP) is 3.89. The lowest BCUT2D eigenvalue weighted by molar-refractivity contribution is -0.0721. The zero-order valence-electron chi connectivity index (χ0n) is 23.7. The first-order valence-corrected chi connectivity index (χ1v) is 14.9. The minimum Gasteiger partial charge on any atom is -0.480 e. The monoisotopic (exact) mass is 589 g/mol. The number of aromatic nitrogens is 5. The molecule has 1 aliphatic heterocycles. The molecule has 1 saturated heterocycles. The number of aryl methyl sites for hydroxylation is 1. The van der Waals surface area contributed by atoms with Gasteiger partial charge in [0.15, 0.2) is 0 Å². The Morgan fingerprint density at radius 3 is 2.45 bits per heavy atom. The number of hydrogen-bond acceptors (Lipinski definition) is 11. The number of pyridine rings is 1.